The van der Waals surface area contributed by atoms with E-state index in [1.54, 1.807) is 25.7 Å². The molecular formula is C27H35N3O4. The van der Waals surface area contributed by atoms with Gasteiger partial charge in [0.05, 0.1) is 0 Å². The van der Waals surface area contributed by atoms with Crippen molar-refractivity contribution in [2.24, 2.45) is 0 Å². The van der Waals surface area contributed by atoms with Gasteiger partial charge in [-0.25, -0.2) is 4.79 Å². The number of benzene rings is 2. The largest absolute Gasteiger partial charge is 0.444 e. The van der Waals surface area contributed by atoms with Crippen molar-refractivity contribution in [3.63, 3.8) is 0 Å². The third kappa shape index (κ3) is 6.59. The number of anilines is 1. The second-order valence-corrected chi connectivity index (χ2v) is 9.86. The highest BCUT2D eigenvalue weighted by Crippen LogP contribution is 2.34. The maximum atomic E-state index is 13.7. The van der Waals surface area contributed by atoms with Crippen molar-refractivity contribution in [3.8, 4) is 0 Å². The van der Waals surface area contributed by atoms with Crippen LogP contribution in [-0.2, 0) is 14.3 Å². The fourth-order valence-electron chi connectivity index (χ4n) is 3.97. The van der Waals surface area contributed by atoms with Crippen LogP contribution in [0.4, 0.5) is 10.5 Å². The van der Waals surface area contributed by atoms with Gasteiger partial charge in [-0.3, -0.25) is 9.59 Å². The van der Waals surface area contributed by atoms with Crippen molar-refractivity contribution in [1.82, 2.24) is 10.2 Å². The molecule has 34 heavy (non-hydrogen) atoms. The Labute approximate surface area is 201 Å². The van der Waals surface area contributed by atoms with Crippen LogP contribution in [0.2, 0.25) is 0 Å². The number of nitrogens with one attached hydrogen (secondary N) is 2. The number of amides is 3. The molecule has 1 aliphatic rings. The molecule has 1 aliphatic carbocycles. The van der Waals surface area contributed by atoms with Gasteiger partial charge in [0.25, 0.3) is 5.91 Å². The first kappa shape index (κ1) is 25.3. The Morgan fingerprint density at radius 3 is 2.35 bits per heavy atom. The lowest BCUT2D eigenvalue weighted by Crippen LogP contribution is -2.53. The third-order valence-electron chi connectivity index (χ3n) is 5.83. The summed E-state index contributed by atoms with van der Waals surface area (Å²) in [6, 6.07) is 14.3. The van der Waals surface area contributed by atoms with E-state index in [-0.39, 0.29) is 24.4 Å². The molecule has 7 heteroatoms. The van der Waals surface area contributed by atoms with Gasteiger partial charge in [0.1, 0.15) is 18.2 Å². The molecule has 2 aromatic carbocycles. The summed E-state index contributed by atoms with van der Waals surface area (Å²) in [6.07, 6.45) is 1.97. The lowest BCUT2D eigenvalue weighted by Gasteiger charge is -2.42. The van der Waals surface area contributed by atoms with Crippen molar-refractivity contribution in [3.05, 3.63) is 65.2 Å². The molecule has 0 spiro atoms. The summed E-state index contributed by atoms with van der Waals surface area (Å²) in [6.45, 7) is 8.93. The predicted octanol–water partition coefficient (Wildman–Crippen LogP) is 4.89. The minimum atomic E-state index is -0.822. The molecule has 1 fully saturated rings. The summed E-state index contributed by atoms with van der Waals surface area (Å²) >= 11 is 0. The average molecular weight is 466 g/mol. The Kier molecular flexibility index (Phi) is 7.97. The Bertz CT molecular complexity index is 1040. The van der Waals surface area contributed by atoms with Gasteiger partial charge in [-0.15, -0.1) is 0 Å². The Morgan fingerprint density at radius 1 is 1.06 bits per heavy atom. The van der Waals surface area contributed by atoms with Crippen LogP contribution in [0.25, 0.3) is 0 Å². The van der Waals surface area contributed by atoms with Crippen LogP contribution in [0, 0.1) is 13.8 Å². The van der Waals surface area contributed by atoms with Crippen LogP contribution in [0.15, 0.2) is 48.5 Å². The Morgan fingerprint density at radius 2 is 1.76 bits per heavy atom. The molecule has 3 amide bonds. The third-order valence-corrected chi connectivity index (χ3v) is 5.83. The normalized spacial score (nSPS) is 14.5. The van der Waals surface area contributed by atoms with E-state index >= 15 is 0 Å². The summed E-state index contributed by atoms with van der Waals surface area (Å²) in [5, 5.41) is 5.57. The monoisotopic (exact) mass is 465 g/mol. The molecule has 0 bridgehead atoms. The number of aryl methyl sites for hydroxylation is 2. The number of hydrogen-bond acceptors (Lipinski definition) is 4. The van der Waals surface area contributed by atoms with Crippen molar-refractivity contribution in [2.75, 3.05) is 11.9 Å². The van der Waals surface area contributed by atoms with Gasteiger partial charge in [-0.05, 0) is 71.1 Å². The Balaban J connectivity index is 1.90. The topological polar surface area (TPSA) is 87.7 Å². The summed E-state index contributed by atoms with van der Waals surface area (Å²) in [5.74, 6) is -0.598. The lowest BCUT2D eigenvalue weighted by molar-refractivity contribution is -0.143. The van der Waals surface area contributed by atoms with Crippen molar-refractivity contribution < 1.29 is 19.1 Å². The minimum Gasteiger partial charge on any atom is -0.444 e. The van der Waals surface area contributed by atoms with Gasteiger partial charge in [0.15, 0.2) is 0 Å². The van der Waals surface area contributed by atoms with E-state index in [4.69, 9.17) is 4.74 Å². The summed E-state index contributed by atoms with van der Waals surface area (Å²) in [7, 11) is 0. The zero-order valence-electron chi connectivity index (χ0n) is 20.7. The second-order valence-electron chi connectivity index (χ2n) is 9.86. The van der Waals surface area contributed by atoms with E-state index in [0.29, 0.717) is 5.69 Å². The summed E-state index contributed by atoms with van der Waals surface area (Å²) in [5.41, 5.74) is 2.71. The maximum Gasteiger partial charge on any atom is 0.408 e. The standard InChI is InChI=1S/C27H35N3O4/c1-18-10-8-12-20(16-18)24(25(32)29-22-15-7-6-11-19(22)2)30(21-13-9-14-21)23(31)17-28-26(33)34-27(3,4)5/h6-8,10-12,15-16,21,24H,9,13-14,17H2,1-5H3,(H,28,33)(H,29,32). The SMILES string of the molecule is Cc1cccc(C(C(=O)Nc2ccccc2C)N(C(=O)CNC(=O)OC(C)(C)C)C2CCC2)c1. The predicted molar refractivity (Wildman–Crippen MR) is 132 cm³/mol. The molecule has 0 heterocycles. The zero-order chi connectivity index (χ0) is 24.9. The number of carbonyl (C=O) groups excluding carboxylic acids is 3. The molecule has 0 radical (unpaired) electrons. The molecule has 7 nitrogen and oxygen atoms in total. The number of carbonyl (C=O) groups is 3. The first-order valence-corrected chi connectivity index (χ1v) is 11.8. The van der Waals surface area contributed by atoms with Gasteiger partial charge in [-0.2, -0.15) is 0 Å². The second kappa shape index (κ2) is 10.7. The molecule has 0 aliphatic heterocycles. The van der Waals surface area contributed by atoms with Gasteiger partial charge >= 0.3 is 6.09 Å². The van der Waals surface area contributed by atoms with Crippen LogP contribution in [0.3, 0.4) is 0 Å². The van der Waals surface area contributed by atoms with E-state index in [1.807, 2.05) is 62.4 Å². The maximum absolute atomic E-state index is 13.7. The van der Waals surface area contributed by atoms with E-state index in [0.717, 1.165) is 36.0 Å². The van der Waals surface area contributed by atoms with Crippen LogP contribution < -0.4 is 10.6 Å². The highest BCUT2D eigenvalue weighted by Gasteiger charge is 2.39. The highest BCUT2D eigenvalue weighted by atomic mass is 16.6. The number of nitrogens with zero attached hydrogens (tertiary/aromatic N) is 1. The van der Waals surface area contributed by atoms with Crippen molar-refractivity contribution >= 4 is 23.6 Å². The van der Waals surface area contributed by atoms with E-state index in [2.05, 4.69) is 10.6 Å². The molecule has 1 atom stereocenters. The highest BCUT2D eigenvalue weighted by molar-refractivity contribution is 5.99. The van der Waals surface area contributed by atoms with Gasteiger partial charge in [0, 0.05) is 11.7 Å². The average Bonchev–Trinajstić information content (AvgIpc) is 2.71. The molecule has 0 aromatic heterocycles. The number of rotatable bonds is 7. The molecule has 3 rings (SSSR count). The molecule has 182 valence electrons. The molecule has 1 unspecified atom stereocenters. The molecule has 2 aromatic rings. The van der Waals surface area contributed by atoms with Crippen molar-refractivity contribution in [2.45, 2.75) is 71.6 Å². The fourth-order valence-corrected chi connectivity index (χ4v) is 3.97. The Hall–Kier alpha value is -3.35. The van der Waals surface area contributed by atoms with Gasteiger partial charge in [0.2, 0.25) is 5.91 Å². The summed E-state index contributed by atoms with van der Waals surface area (Å²) < 4.78 is 5.27. The first-order chi connectivity index (χ1) is 16.0. The molecular weight excluding hydrogens is 430 g/mol. The van der Waals surface area contributed by atoms with Crippen LogP contribution in [-0.4, -0.2) is 41.0 Å². The molecule has 2 N–H and O–H groups in total. The molecule has 0 saturated heterocycles. The van der Waals surface area contributed by atoms with Crippen LogP contribution in [0.5, 0.6) is 0 Å². The van der Waals surface area contributed by atoms with E-state index < -0.39 is 17.7 Å². The number of ether oxygens (including phenoxy) is 1. The number of hydrogen-bond donors (Lipinski definition) is 2. The lowest BCUT2D eigenvalue weighted by atomic mass is 9.88. The first-order valence-electron chi connectivity index (χ1n) is 11.8. The zero-order valence-corrected chi connectivity index (χ0v) is 20.7. The van der Waals surface area contributed by atoms with Gasteiger partial charge < -0.3 is 20.3 Å². The van der Waals surface area contributed by atoms with Gasteiger partial charge in [-0.1, -0.05) is 48.0 Å². The van der Waals surface area contributed by atoms with Crippen molar-refractivity contribution in [1.29, 1.82) is 0 Å². The number of alkyl carbamates (subject to hydrolysis) is 1. The van der Waals surface area contributed by atoms with Crippen LogP contribution >= 0.6 is 0 Å². The fraction of sp³-hybridized carbons (Fsp3) is 0.444. The smallest absolute Gasteiger partial charge is 0.408 e. The quantitative estimate of drug-likeness (QED) is 0.610. The van der Waals surface area contributed by atoms with E-state index in [9.17, 15) is 14.4 Å². The van der Waals surface area contributed by atoms with Crippen LogP contribution in [0.1, 0.15) is 62.8 Å². The molecule has 1 saturated carbocycles. The number of para-hydroxylation sites is 1. The summed E-state index contributed by atoms with van der Waals surface area (Å²) in [4.78, 5) is 40.9. The minimum absolute atomic E-state index is 0.0685. The van der Waals surface area contributed by atoms with E-state index in [1.165, 1.54) is 0 Å².